The molecule has 4 atom stereocenters. The molecule has 2 N–H and O–H groups in total. The Morgan fingerprint density at radius 1 is 1.20 bits per heavy atom. The highest BCUT2D eigenvalue weighted by atomic mass is 35.5. The van der Waals surface area contributed by atoms with E-state index in [-0.39, 0.29) is 16.2 Å². The van der Waals surface area contributed by atoms with Gasteiger partial charge in [-0.25, -0.2) is 17.8 Å². The molecule has 2 saturated carbocycles. The lowest BCUT2D eigenvalue weighted by atomic mass is 9.89. The van der Waals surface area contributed by atoms with Crippen LogP contribution in [-0.4, -0.2) is 43.5 Å². The normalized spacial score (nSPS) is 28.9. The molecule has 10 heteroatoms. The van der Waals surface area contributed by atoms with Crippen molar-refractivity contribution in [2.75, 3.05) is 23.1 Å². The maximum Gasteiger partial charge on any atom is 0.266 e. The molecule has 162 valence electrons. The third kappa shape index (κ3) is 4.04. The second kappa shape index (κ2) is 7.93. The lowest BCUT2D eigenvalue weighted by molar-refractivity contribution is 0.161. The van der Waals surface area contributed by atoms with Crippen molar-refractivity contribution in [3.8, 4) is 0 Å². The maximum absolute atomic E-state index is 14.8. The third-order valence-corrected chi connectivity index (χ3v) is 9.00. The third-order valence-electron chi connectivity index (χ3n) is 6.51. The molecule has 1 aliphatic heterocycles. The number of sulfonamides is 1. The average Bonchev–Trinajstić information content (AvgIpc) is 3.08. The summed E-state index contributed by atoms with van der Waals surface area (Å²) in [4.78, 5) is 5.99. The fourth-order valence-electron chi connectivity index (χ4n) is 4.91. The highest BCUT2D eigenvalue weighted by molar-refractivity contribution is 7.93. The molecule has 30 heavy (non-hydrogen) atoms. The molecular formula is C20H24ClFN4O2S2. The number of hydrogen-bond acceptors (Lipinski definition) is 6. The summed E-state index contributed by atoms with van der Waals surface area (Å²) in [5.74, 6) is 0.896. The minimum absolute atomic E-state index is 0.182. The van der Waals surface area contributed by atoms with Crippen molar-refractivity contribution < 1.29 is 12.8 Å². The first-order chi connectivity index (χ1) is 14.4. The van der Waals surface area contributed by atoms with Gasteiger partial charge in [0.25, 0.3) is 10.0 Å². The first kappa shape index (κ1) is 20.5. The Bertz CT molecular complexity index is 1020. The van der Waals surface area contributed by atoms with Crippen LogP contribution in [0.4, 0.5) is 15.2 Å². The van der Waals surface area contributed by atoms with Gasteiger partial charge in [0.15, 0.2) is 5.13 Å². The van der Waals surface area contributed by atoms with E-state index in [1.165, 1.54) is 31.2 Å². The van der Waals surface area contributed by atoms with Gasteiger partial charge in [0.2, 0.25) is 0 Å². The number of fused-ring (bicyclic) bond motifs is 1. The van der Waals surface area contributed by atoms with Crippen molar-refractivity contribution in [1.82, 2.24) is 9.88 Å². The lowest BCUT2D eigenvalue weighted by Gasteiger charge is -2.39. The molecule has 3 aliphatic rings. The van der Waals surface area contributed by atoms with Crippen molar-refractivity contribution in [1.29, 1.82) is 0 Å². The standard InChI is InChI=1S/C20H24ClFN4O2S2/c21-14-8-19(30(27,28)25-20-23-5-6-29-20)15(22)9-17(14)24-16-3-1-2-4-18(16)26-10-12-7-13(12)11-26/h5-6,8-9,12-13,16,18,24H,1-4,7,10-11H2,(H,23,25)/t12?,13?,16-,18-/m1/s1. The Hall–Kier alpha value is -1.42. The van der Waals surface area contributed by atoms with Crippen molar-refractivity contribution in [2.45, 2.75) is 49.1 Å². The largest absolute Gasteiger partial charge is 0.379 e. The second-order valence-corrected chi connectivity index (χ2v) is 11.5. The van der Waals surface area contributed by atoms with Gasteiger partial charge in [-0.15, -0.1) is 11.3 Å². The summed E-state index contributed by atoms with van der Waals surface area (Å²) < 4.78 is 42.2. The van der Waals surface area contributed by atoms with E-state index in [1.807, 2.05) is 0 Å². The predicted octanol–water partition coefficient (Wildman–Crippen LogP) is 4.41. The molecule has 2 heterocycles. The van der Waals surface area contributed by atoms with Crippen LogP contribution in [0.15, 0.2) is 28.6 Å². The molecule has 0 amide bonds. The number of aromatic nitrogens is 1. The summed E-state index contributed by atoms with van der Waals surface area (Å²) in [6.07, 6.45) is 7.30. The van der Waals surface area contributed by atoms with E-state index >= 15 is 0 Å². The molecule has 0 bridgehead atoms. The fourth-order valence-corrected chi connectivity index (χ4v) is 7.07. The molecule has 0 radical (unpaired) electrons. The van der Waals surface area contributed by atoms with Gasteiger partial charge in [-0.2, -0.15) is 0 Å². The predicted molar refractivity (Wildman–Crippen MR) is 117 cm³/mol. The van der Waals surface area contributed by atoms with E-state index in [0.717, 1.165) is 55.5 Å². The molecule has 2 unspecified atom stereocenters. The van der Waals surface area contributed by atoms with E-state index in [2.05, 4.69) is 19.9 Å². The van der Waals surface area contributed by atoms with Crippen LogP contribution in [0.3, 0.4) is 0 Å². The number of nitrogens with zero attached hydrogens (tertiary/aromatic N) is 2. The fraction of sp³-hybridized carbons (Fsp3) is 0.550. The Labute approximate surface area is 184 Å². The summed E-state index contributed by atoms with van der Waals surface area (Å²) in [6.45, 7) is 2.32. The van der Waals surface area contributed by atoms with Crippen LogP contribution >= 0.6 is 22.9 Å². The summed E-state index contributed by atoms with van der Waals surface area (Å²) >= 11 is 7.52. The van der Waals surface area contributed by atoms with E-state index in [0.29, 0.717) is 11.7 Å². The molecule has 1 saturated heterocycles. The number of likely N-dealkylation sites (tertiary alicyclic amines) is 1. The van der Waals surface area contributed by atoms with Crippen molar-refractivity contribution in [3.63, 3.8) is 0 Å². The van der Waals surface area contributed by atoms with Crippen LogP contribution in [0, 0.1) is 17.7 Å². The number of anilines is 2. The summed E-state index contributed by atoms with van der Waals surface area (Å²) in [7, 11) is -4.11. The highest BCUT2D eigenvalue weighted by Crippen LogP contribution is 2.47. The van der Waals surface area contributed by atoms with Crippen molar-refractivity contribution >= 4 is 43.8 Å². The molecule has 1 aromatic heterocycles. The molecule has 1 aromatic carbocycles. The molecule has 2 aromatic rings. The Kier molecular flexibility index (Phi) is 5.41. The van der Waals surface area contributed by atoms with Crippen LogP contribution in [0.2, 0.25) is 5.02 Å². The van der Waals surface area contributed by atoms with E-state index in [4.69, 9.17) is 11.6 Å². The number of rotatable bonds is 6. The van der Waals surface area contributed by atoms with Gasteiger partial charge in [-0.3, -0.25) is 9.62 Å². The van der Waals surface area contributed by atoms with Crippen LogP contribution in [-0.2, 0) is 10.0 Å². The zero-order valence-electron chi connectivity index (χ0n) is 16.4. The Balaban J connectivity index is 1.35. The number of hydrogen-bond donors (Lipinski definition) is 2. The second-order valence-electron chi connectivity index (χ2n) is 8.52. The van der Waals surface area contributed by atoms with Crippen LogP contribution < -0.4 is 10.0 Å². The van der Waals surface area contributed by atoms with Crippen LogP contribution in [0.25, 0.3) is 0 Å². The molecule has 5 rings (SSSR count). The van der Waals surface area contributed by atoms with Gasteiger partial charge in [-0.05, 0) is 43.2 Å². The number of halogens is 2. The quantitative estimate of drug-likeness (QED) is 0.654. The summed E-state index contributed by atoms with van der Waals surface area (Å²) in [5, 5.41) is 5.45. The van der Waals surface area contributed by atoms with Gasteiger partial charge >= 0.3 is 0 Å². The topological polar surface area (TPSA) is 74.3 Å². The smallest absolute Gasteiger partial charge is 0.266 e. The summed E-state index contributed by atoms with van der Waals surface area (Å²) in [6, 6.07) is 2.98. The number of thiazole rings is 1. The number of piperidine rings is 1. The first-order valence-electron chi connectivity index (χ1n) is 10.3. The minimum atomic E-state index is -4.11. The average molecular weight is 471 g/mol. The van der Waals surface area contributed by atoms with Gasteiger partial charge < -0.3 is 5.32 Å². The minimum Gasteiger partial charge on any atom is -0.379 e. The van der Waals surface area contributed by atoms with Gasteiger partial charge in [0, 0.05) is 36.8 Å². The molecule has 3 fully saturated rings. The monoisotopic (exact) mass is 470 g/mol. The summed E-state index contributed by atoms with van der Waals surface area (Å²) in [5.41, 5.74) is 0.448. The van der Waals surface area contributed by atoms with E-state index in [9.17, 15) is 12.8 Å². The van der Waals surface area contributed by atoms with Crippen LogP contribution in [0.1, 0.15) is 32.1 Å². The first-order valence-corrected chi connectivity index (χ1v) is 13.1. The van der Waals surface area contributed by atoms with Gasteiger partial charge in [-0.1, -0.05) is 24.4 Å². The van der Waals surface area contributed by atoms with Gasteiger partial charge in [0.05, 0.1) is 10.7 Å². The Morgan fingerprint density at radius 3 is 2.70 bits per heavy atom. The lowest BCUT2D eigenvalue weighted by Crippen LogP contribution is -2.48. The molecule has 2 aliphatic carbocycles. The zero-order chi connectivity index (χ0) is 20.9. The zero-order valence-corrected chi connectivity index (χ0v) is 18.7. The van der Waals surface area contributed by atoms with Crippen LogP contribution in [0.5, 0.6) is 0 Å². The highest BCUT2D eigenvalue weighted by Gasteiger charge is 2.48. The number of benzene rings is 1. The van der Waals surface area contributed by atoms with E-state index < -0.39 is 20.7 Å². The number of nitrogens with one attached hydrogen (secondary N) is 2. The van der Waals surface area contributed by atoms with Crippen molar-refractivity contribution in [3.05, 3.63) is 34.5 Å². The SMILES string of the molecule is O=S(=O)(Nc1nccs1)c1cc(Cl)c(N[C@@H]2CCCC[C@H]2N2CC3CC3C2)cc1F. The molecule has 0 spiro atoms. The molecule has 6 nitrogen and oxygen atoms in total. The van der Waals surface area contributed by atoms with Crippen molar-refractivity contribution in [2.24, 2.45) is 11.8 Å². The maximum atomic E-state index is 14.8. The van der Waals surface area contributed by atoms with Gasteiger partial charge in [0.1, 0.15) is 10.7 Å². The molecular weight excluding hydrogens is 447 g/mol. The Morgan fingerprint density at radius 2 is 1.97 bits per heavy atom. The van der Waals surface area contributed by atoms with E-state index in [1.54, 1.807) is 5.38 Å².